The van der Waals surface area contributed by atoms with Crippen molar-refractivity contribution in [1.82, 2.24) is 0 Å². The van der Waals surface area contributed by atoms with Crippen molar-refractivity contribution < 1.29 is 14.4 Å². The standard InChI is InChI=1S/C25H20Cl2N2O3/c1-14-8-11-20(15(2)12-14)28-24(30)21-22(18-10-9-16(26)13-19(18)27)29(32-23(21)25(28)31)17-6-4-3-5-7-17/h3-13,21-23H,1-2H3. The molecule has 162 valence electrons. The number of aryl methyl sites for hydroxylation is 2. The number of hydroxylamine groups is 1. The zero-order valence-electron chi connectivity index (χ0n) is 17.5. The third-order valence-corrected chi connectivity index (χ3v) is 6.56. The fraction of sp³-hybridized carbons (Fsp3) is 0.200. The summed E-state index contributed by atoms with van der Waals surface area (Å²) >= 11 is 12.7. The maximum atomic E-state index is 13.7. The van der Waals surface area contributed by atoms with Crippen LogP contribution in [0.5, 0.6) is 0 Å². The monoisotopic (exact) mass is 466 g/mol. The average molecular weight is 467 g/mol. The Kier molecular flexibility index (Phi) is 5.20. The molecule has 0 N–H and O–H groups in total. The smallest absolute Gasteiger partial charge is 0.266 e. The van der Waals surface area contributed by atoms with Gasteiger partial charge in [0.1, 0.15) is 5.92 Å². The van der Waals surface area contributed by atoms with E-state index in [2.05, 4.69) is 0 Å². The van der Waals surface area contributed by atoms with Crippen molar-refractivity contribution in [3.8, 4) is 0 Å². The van der Waals surface area contributed by atoms with Gasteiger partial charge in [0.25, 0.3) is 5.91 Å². The third-order valence-electron chi connectivity index (χ3n) is 6.00. The fourth-order valence-electron chi connectivity index (χ4n) is 4.56. The molecule has 0 spiro atoms. The number of fused-ring (bicyclic) bond motifs is 1. The molecule has 2 aliphatic heterocycles. The second-order valence-electron chi connectivity index (χ2n) is 8.13. The summed E-state index contributed by atoms with van der Waals surface area (Å²) in [5.74, 6) is -1.43. The van der Waals surface area contributed by atoms with Crippen LogP contribution in [0.4, 0.5) is 11.4 Å². The highest BCUT2D eigenvalue weighted by Crippen LogP contribution is 2.49. The number of carbonyl (C=O) groups excluding carboxylic acids is 2. The summed E-state index contributed by atoms with van der Waals surface area (Å²) in [4.78, 5) is 34.5. The molecule has 0 aliphatic carbocycles. The molecule has 2 heterocycles. The van der Waals surface area contributed by atoms with Crippen LogP contribution < -0.4 is 9.96 Å². The second-order valence-corrected chi connectivity index (χ2v) is 8.97. The highest BCUT2D eigenvalue weighted by molar-refractivity contribution is 6.35. The van der Waals surface area contributed by atoms with Gasteiger partial charge in [0.05, 0.1) is 17.4 Å². The van der Waals surface area contributed by atoms with Crippen molar-refractivity contribution in [3.05, 3.63) is 93.5 Å². The number of halogens is 2. The Labute approximate surface area is 196 Å². The zero-order chi connectivity index (χ0) is 22.6. The van der Waals surface area contributed by atoms with Crippen LogP contribution >= 0.6 is 23.2 Å². The first-order valence-corrected chi connectivity index (χ1v) is 11.0. The fourth-order valence-corrected chi connectivity index (χ4v) is 5.08. The van der Waals surface area contributed by atoms with Crippen LogP contribution in [-0.4, -0.2) is 17.9 Å². The van der Waals surface area contributed by atoms with Crippen molar-refractivity contribution in [2.45, 2.75) is 26.0 Å². The molecule has 3 aromatic carbocycles. The Balaban J connectivity index is 1.62. The van der Waals surface area contributed by atoms with Crippen molar-refractivity contribution in [1.29, 1.82) is 0 Å². The predicted molar refractivity (Wildman–Crippen MR) is 125 cm³/mol. The van der Waals surface area contributed by atoms with Crippen LogP contribution in [0.3, 0.4) is 0 Å². The molecule has 2 amide bonds. The van der Waals surface area contributed by atoms with Gasteiger partial charge < -0.3 is 0 Å². The molecule has 0 saturated carbocycles. The molecule has 0 aromatic heterocycles. The van der Waals surface area contributed by atoms with E-state index < -0.39 is 18.1 Å². The molecule has 3 aromatic rings. The minimum atomic E-state index is -0.944. The van der Waals surface area contributed by atoms with Crippen molar-refractivity contribution in [2.75, 3.05) is 9.96 Å². The van der Waals surface area contributed by atoms with Crippen LogP contribution in [0.25, 0.3) is 0 Å². The number of para-hydroxylation sites is 1. The molecule has 5 nitrogen and oxygen atoms in total. The van der Waals surface area contributed by atoms with E-state index >= 15 is 0 Å². The molecule has 3 unspecified atom stereocenters. The van der Waals surface area contributed by atoms with Crippen molar-refractivity contribution in [2.24, 2.45) is 5.92 Å². The number of carbonyl (C=O) groups is 2. The quantitative estimate of drug-likeness (QED) is 0.467. The third kappa shape index (κ3) is 3.28. The maximum Gasteiger partial charge on any atom is 0.266 e. The minimum Gasteiger partial charge on any atom is -0.273 e. The molecular formula is C25H20Cl2N2O3. The normalized spacial score (nSPS) is 22.6. The molecule has 2 fully saturated rings. The lowest BCUT2D eigenvalue weighted by molar-refractivity contribution is -0.126. The first-order chi connectivity index (χ1) is 15.4. The van der Waals surface area contributed by atoms with Crippen molar-refractivity contribution in [3.63, 3.8) is 0 Å². The first-order valence-electron chi connectivity index (χ1n) is 10.3. The minimum absolute atomic E-state index is 0.304. The molecular weight excluding hydrogens is 447 g/mol. The van der Waals surface area contributed by atoms with Crippen LogP contribution in [0.2, 0.25) is 10.0 Å². The number of benzene rings is 3. The van der Waals surface area contributed by atoms with E-state index in [9.17, 15) is 9.59 Å². The molecule has 0 bridgehead atoms. The molecule has 2 aliphatic rings. The Hall–Kier alpha value is -2.86. The zero-order valence-corrected chi connectivity index (χ0v) is 19.0. The Morgan fingerprint density at radius 1 is 0.875 bits per heavy atom. The summed E-state index contributed by atoms with van der Waals surface area (Å²) in [5, 5.41) is 2.53. The van der Waals surface area contributed by atoms with E-state index in [0.717, 1.165) is 16.8 Å². The van der Waals surface area contributed by atoms with Crippen molar-refractivity contribution >= 4 is 46.4 Å². The summed E-state index contributed by atoms with van der Waals surface area (Å²) in [6.07, 6.45) is -0.944. The molecule has 32 heavy (non-hydrogen) atoms. The summed E-state index contributed by atoms with van der Waals surface area (Å²) in [7, 11) is 0. The van der Waals surface area contributed by atoms with E-state index in [0.29, 0.717) is 21.3 Å². The van der Waals surface area contributed by atoms with Crippen LogP contribution in [-0.2, 0) is 14.4 Å². The molecule has 0 radical (unpaired) electrons. The lowest BCUT2D eigenvalue weighted by atomic mass is 9.90. The maximum absolute atomic E-state index is 13.7. The van der Waals surface area contributed by atoms with Gasteiger partial charge in [-0.2, -0.15) is 0 Å². The van der Waals surface area contributed by atoms with Crippen LogP contribution in [0, 0.1) is 19.8 Å². The van der Waals surface area contributed by atoms with Gasteiger partial charge in [0.2, 0.25) is 5.91 Å². The summed E-state index contributed by atoms with van der Waals surface area (Å²) in [6, 6.07) is 19.6. The van der Waals surface area contributed by atoms with E-state index in [1.54, 1.807) is 29.3 Å². The van der Waals surface area contributed by atoms with Gasteiger partial charge in [-0.05, 0) is 55.3 Å². The van der Waals surface area contributed by atoms with E-state index in [-0.39, 0.29) is 11.8 Å². The predicted octanol–water partition coefficient (Wildman–Crippen LogP) is 5.66. The van der Waals surface area contributed by atoms with E-state index in [1.807, 2.05) is 56.3 Å². The highest BCUT2D eigenvalue weighted by Gasteiger charge is 2.60. The summed E-state index contributed by atoms with van der Waals surface area (Å²) in [6.45, 7) is 3.86. The van der Waals surface area contributed by atoms with Gasteiger partial charge in [-0.3, -0.25) is 14.4 Å². The Bertz CT molecular complexity index is 1230. The molecule has 7 heteroatoms. The average Bonchev–Trinajstić information content (AvgIpc) is 3.26. The van der Waals surface area contributed by atoms with E-state index in [4.69, 9.17) is 28.0 Å². The van der Waals surface area contributed by atoms with Crippen LogP contribution in [0.15, 0.2) is 66.7 Å². The van der Waals surface area contributed by atoms with Crippen LogP contribution in [0.1, 0.15) is 22.7 Å². The largest absolute Gasteiger partial charge is 0.273 e. The van der Waals surface area contributed by atoms with Gasteiger partial charge in [0, 0.05) is 10.0 Å². The number of hydrogen-bond acceptors (Lipinski definition) is 4. The Morgan fingerprint density at radius 2 is 1.62 bits per heavy atom. The van der Waals surface area contributed by atoms with Gasteiger partial charge in [-0.25, -0.2) is 9.96 Å². The summed E-state index contributed by atoms with van der Waals surface area (Å²) in [5.41, 5.74) is 3.90. The van der Waals surface area contributed by atoms with Gasteiger partial charge in [0.15, 0.2) is 6.10 Å². The molecule has 3 atom stereocenters. The number of nitrogens with zero attached hydrogens (tertiary/aromatic N) is 2. The highest BCUT2D eigenvalue weighted by atomic mass is 35.5. The Morgan fingerprint density at radius 3 is 2.31 bits per heavy atom. The second kappa shape index (κ2) is 7.93. The van der Waals surface area contributed by atoms with Gasteiger partial charge in [-0.15, -0.1) is 0 Å². The lowest BCUT2D eigenvalue weighted by Gasteiger charge is -2.29. The molecule has 5 rings (SSSR count). The van der Waals surface area contributed by atoms with E-state index in [1.165, 1.54) is 4.90 Å². The number of amides is 2. The number of rotatable bonds is 3. The SMILES string of the molecule is Cc1ccc(N2C(=O)C3ON(c4ccccc4)C(c4ccc(Cl)cc4Cl)C3C2=O)c(C)c1. The summed E-state index contributed by atoms with van der Waals surface area (Å²) < 4.78 is 0. The van der Waals surface area contributed by atoms with Gasteiger partial charge in [-0.1, -0.05) is 65.2 Å². The first kappa shape index (κ1) is 21.0. The topological polar surface area (TPSA) is 49.9 Å². The number of imide groups is 1. The van der Waals surface area contributed by atoms with Gasteiger partial charge >= 0.3 is 0 Å². The number of hydrogen-bond donors (Lipinski definition) is 0. The number of anilines is 2. The lowest BCUT2D eigenvalue weighted by Crippen LogP contribution is -2.37. The molecule has 2 saturated heterocycles.